The molecule has 1 aromatic rings. The summed E-state index contributed by atoms with van der Waals surface area (Å²) >= 11 is 3.14. The van der Waals surface area contributed by atoms with Gasteiger partial charge in [-0.2, -0.15) is 9.99 Å². The van der Waals surface area contributed by atoms with Crippen molar-refractivity contribution in [3.63, 3.8) is 0 Å². The molecule has 1 aliphatic heterocycles. The van der Waals surface area contributed by atoms with Crippen LogP contribution in [0.25, 0.3) is 0 Å². The smallest absolute Gasteiger partial charge is 0.412 e. The normalized spacial score (nSPS) is 16.9. The Hall–Kier alpha value is -2.74. The monoisotopic (exact) mass is 879 g/mol. The number of hydrogen-bond donors (Lipinski definition) is 5. The lowest BCUT2D eigenvalue weighted by Crippen LogP contribution is -3.00. The maximum atomic E-state index is 13.3. The Bertz CT molecular complexity index is 1290. The molecule has 0 spiro atoms. The van der Waals surface area contributed by atoms with Gasteiger partial charge in [0.15, 0.2) is 18.6 Å². The fourth-order valence-corrected chi connectivity index (χ4v) is 5.63. The lowest BCUT2D eigenvalue weighted by molar-refractivity contribution is -0.903. The fraction of sp³-hybridized carbons (Fsp3) is 0.714. The van der Waals surface area contributed by atoms with E-state index in [9.17, 15) is 24.0 Å². The van der Waals surface area contributed by atoms with E-state index in [1.807, 2.05) is 50.9 Å². The second kappa shape index (κ2) is 24.6. The van der Waals surface area contributed by atoms with E-state index in [0.717, 1.165) is 0 Å². The highest BCUT2D eigenvalue weighted by molar-refractivity contribution is 9.09. The van der Waals surface area contributed by atoms with Gasteiger partial charge in [0.2, 0.25) is 6.54 Å². The van der Waals surface area contributed by atoms with Crippen LogP contribution in [0, 0.1) is 17.8 Å². The second-order valence-electron chi connectivity index (χ2n) is 15.3. The third-order valence-electron chi connectivity index (χ3n) is 7.47. The number of amides is 5. The van der Waals surface area contributed by atoms with Crippen LogP contribution in [-0.2, 0) is 30.5 Å². The number of pyridine rings is 1. The number of hydrazine groups is 3. The predicted octanol–water partition coefficient (Wildman–Crippen LogP) is -1.18. The van der Waals surface area contributed by atoms with E-state index in [2.05, 4.69) is 51.4 Å². The molecular weight excluding hydrogens is 816 g/mol. The average molecular weight is 882 g/mol. The first-order valence-corrected chi connectivity index (χ1v) is 19.1. The molecule has 18 heteroatoms. The van der Waals surface area contributed by atoms with Gasteiger partial charge in [0.1, 0.15) is 18.7 Å². The van der Waals surface area contributed by atoms with Crippen molar-refractivity contribution in [3.8, 4) is 0 Å². The number of aromatic nitrogens is 1. The Morgan fingerprint density at radius 2 is 1.51 bits per heavy atom. The summed E-state index contributed by atoms with van der Waals surface area (Å²) in [6.45, 7) is 20.0. The molecule has 0 saturated carbocycles. The van der Waals surface area contributed by atoms with E-state index in [1.165, 1.54) is 10.0 Å². The highest BCUT2D eigenvalue weighted by Crippen LogP contribution is 2.25. The Kier molecular flexibility index (Phi) is 23.3. The molecule has 2 atom stereocenters. The number of likely N-dealkylation sites (tertiary alicyclic amines) is 1. The quantitative estimate of drug-likeness (QED) is 0.0473. The summed E-state index contributed by atoms with van der Waals surface area (Å²) in [7, 11) is 1.76. The van der Waals surface area contributed by atoms with Gasteiger partial charge < -0.3 is 21.7 Å². The van der Waals surface area contributed by atoms with Gasteiger partial charge in [-0.3, -0.25) is 41.4 Å². The number of halogens is 2. The molecule has 1 aliphatic rings. The SMILES string of the molecule is CC(C)CN(N)CC(=O)N(CC(C)C)NC(=O)C[n+]1ccccc1.CNN(CC(=O)[N+]1(NC(=O)CBr)CCCC1NC(=O)OC(C)(C)C)CC(C)C.[Br-]. The van der Waals surface area contributed by atoms with Gasteiger partial charge in [-0.25, -0.2) is 19.6 Å². The molecule has 16 nitrogen and oxygen atoms in total. The maximum absolute atomic E-state index is 13.3. The number of alkyl halides is 1. The van der Waals surface area contributed by atoms with Crippen molar-refractivity contribution in [2.45, 2.75) is 93.5 Å². The van der Waals surface area contributed by atoms with E-state index in [1.54, 1.807) is 44.8 Å². The van der Waals surface area contributed by atoms with Crippen molar-refractivity contribution in [1.82, 2.24) is 36.6 Å². The maximum Gasteiger partial charge on any atom is 0.412 e. The molecule has 0 aliphatic carbocycles. The summed E-state index contributed by atoms with van der Waals surface area (Å²) in [5.41, 5.74) is 7.89. The summed E-state index contributed by atoms with van der Waals surface area (Å²) in [5, 5.41) is 7.53. The van der Waals surface area contributed by atoms with Crippen LogP contribution in [0.4, 0.5) is 4.79 Å². The number of ether oxygens (including phenoxy) is 1. The minimum Gasteiger partial charge on any atom is -1.00 e. The Balaban J connectivity index is 0.00000101. The summed E-state index contributed by atoms with van der Waals surface area (Å²) in [5.74, 6) is 5.87. The van der Waals surface area contributed by atoms with Crippen LogP contribution in [0.5, 0.6) is 0 Å². The zero-order valence-electron chi connectivity index (χ0n) is 33.3. The largest absolute Gasteiger partial charge is 1.00 e. The zero-order valence-corrected chi connectivity index (χ0v) is 36.5. The molecule has 53 heavy (non-hydrogen) atoms. The van der Waals surface area contributed by atoms with Crippen molar-refractivity contribution < 1.29 is 54.9 Å². The Labute approximate surface area is 335 Å². The van der Waals surface area contributed by atoms with Crippen LogP contribution in [0.15, 0.2) is 30.6 Å². The first kappa shape index (κ1) is 50.3. The van der Waals surface area contributed by atoms with Crippen LogP contribution in [-0.4, -0.2) is 113 Å². The molecule has 1 fully saturated rings. The number of quaternary nitrogens is 1. The summed E-state index contributed by atoms with van der Waals surface area (Å²) in [6, 6.07) is 5.58. The van der Waals surface area contributed by atoms with E-state index < -0.39 is 17.9 Å². The van der Waals surface area contributed by atoms with Crippen molar-refractivity contribution in [2.75, 3.05) is 51.6 Å². The van der Waals surface area contributed by atoms with Crippen molar-refractivity contribution >= 4 is 45.7 Å². The zero-order chi connectivity index (χ0) is 39.6. The Morgan fingerprint density at radius 3 is 2.02 bits per heavy atom. The van der Waals surface area contributed by atoms with Gasteiger partial charge in [-0.05, 0) is 45.6 Å². The molecular formula is C35H65Br2N10O6+. The number of nitrogens with one attached hydrogen (secondary N) is 4. The Morgan fingerprint density at radius 1 is 0.925 bits per heavy atom. The number of alkyl carbamates (subject to hydrolysis) is 1. The molecule has 2 unspecified atom stereocenters. The van der Waals surface area contributed by atoms with E-state index in [4.69, 9.17) is 10.6 Å². The van der Waals surface area contributed by atoms with E-state index in [-0.39, 0.29) is 76.1 Å². The van der Waals surface area contributed by atoms with E-state index in [0.29, 0.717) is 50.9 Å². The molecule has 1 aromatic heterocycles. The van der Waals surface area contributed by atoms with Gasteiger partial charge in [-0.15, -0.1) is 4.59 Å². The highest BCUT2D eigenvalue weighted by Gasteiger charge is 2.51. The minimum atomic E-state index is -0.651. The lowest BCUT2D eigenvalue weighted by atomic mass is 10.2. The molecule has 5 amide bonds. The first-order valence-electron chi connectivity index (χ1n) is 17.9. The molecule has 1 saturated heterocycles. The molecule has 0 aromatic carbocycles. The molecule has 0 radical (unpaired) electrons. The molecule has 2 rings (SSSR count). The predicted molar refractivity (Wildman–Crippen MR) is 202 cm³/mol. The summed E-state index contributed by atoms with van der Waals surface area (Å²) < 4.78 is 6.77. The molecule has 0 bridgehead atoms. The van der Waals surface area contributed by atoms with Crippen LogP contribution in [0.2, 0.25) is 0 Å². The highest BCUT2D eigenvalue weighted by atomic mass is 79.9. The number of rotatable bonds is 15. The number of nitrogens with zero attached hydrogens (tertiary/aromatic N) is 5. The molecule has 6 N–H and O–H groups in total. The van der Waals surface area contributed by atoms with Crippen molar-refractivity contribution in [1.29, 1.82) is 0 Å². The van der Waals surface area contributed by atoms with Crippen LogP contribution < -0.4 is 49.0 Å². The van der Waals surface area contributed by atoms with E-state index >= 15 is 0 Å². The van der Waals surface area contributed by atoms with Gasteiger partial charge in [-0.1, -0.05) is 63.5 Å². The average Bonchev–Trinajstić information content (AvgIpc) is 3.41. The van der Waals surface area contributed by atoms with Gasteiger partial charge >= 0.3 is 17.9 Å². The second-order valence-corrected chi connectivity index (χ2v) is 15.8. The van der Waals surface area contributed by atoms with Crippen LogP contribution in [0.1, 0.15) is 75.2 Å². The summed E-state index contributed by atoms with van der Waals surface area (Å²) in [4.78, 5) is 62.4. The topological polar surface area (TPSA) is 182 Å². The number of nitrogens with two attached hydrogens (primary N) is 1. The minimum absolute atomic E-state index is 0. The fourth-order valence-electron chi connectivity index (χ4n) is 5.51. The molecule has 2 heterocycles. The third kappa shape index (κ3) is 20.0. The van der Waals surface area contributed by atoms with Crippen molar-refractivity contribution in [2.24, 2.45) is 23.6 Å². The number of hydrogen-bond acceptors (Lipinski definition) is 10. The van der Waals surface area contributed by atoms with Gasteiger partial charge in [0.25, 0.3) is 11.8 Å². The molecule has 304 valence electrons. The summed E-state index contributed by atoms with van der Waals surface area (Å²) in [6.07, 6.45) is 3.69. The van der Waals surface area contributed by atoms with Gasteiger partial charge in [0, 0.05) is 44.6 Å². The lowest BCUT2D eigenvalue weighted by Gasteiger charge is -2.37. The van der Waals surface area contributed by atoms with Crippen LogP contribution in [0.3, 0.4) is 0 Å². The first-order chi connectivity index (χ1) is 24.2. The van der Waals surface area contributed by atoms with Crippen LogP contribution >= 0.6 is 15.9 Å². The van der Waals surface area contributed by atoms with Crippen molar-refractivity contribution in [3.05, 3.63) is 30.6 Å². The standard InChI is InChI=1S/C18H34BrN5O4.C17H29N5O2.BrH/c1-13(2)11-23(20-6)12-16(26)24(22-15(25)10-19)9-7-8-14(24)21-17(27)28-18(3,4)5;1-14(2)10-21(18)13-17(24)22(11-15(3)4)19-16(23)12-20-8-6-5-7-9-20;/h13-14,20H,7-12H2,1-6H3,(H-,21,22,25,27);5-9,14-15H,10-13,18H2,1-4H3;1H/p+1. The third-order valence-corrected chi connectivity index (χ3v) is 7.98. The number of carbonyl (C=O) groups is 5. The number of carbonyl (C=O) groups excluding carboxylic acids is 5. The van der Waals surface area contributed by atoms with Gasteiger partial charge in [0.05, 0.1) is 11.9 Å².